The third-order valence-corrected chi connectivity index (χ3v) is 1.96. The second kappa shape index (κ2) is 23.3. The summed E-state index contributed by atoms with van der Waals surface area (Å²) in [5.74, 6) is 0. The van der Waals surface area contributed by atoms with Gasteiger partial charge >= 0.3 is 21.7 Å². The first-order chi connectivity index (χ1) is 4.91. The van der Waals surface area contributed by atoms with Crippen LogP contribution in [-0.4, -0.2) is 0 Å². The third-order valence-electron chi connectivity index (χ3n) is 1.96. The van der Waals surface area contributed by atoms with Crippen molar-refractivity contribution in [3.05, 3.63) is 0 Å². The molecule has 0 bridgehead atoms. The maximum atomic E-state index is 2.27. The van der Waals surface area contributed by atoms with Gasteiger partial charge in [0.05, 0.1) is 0 Å². The summed E-state index contributed by atoms with van der Waals surface area (Å²) in [6.07, 6.45) is 11.5. The van der Waals surface area contributed by atoms with Gasteiger partial charge in [0.15, 0.2) is 0 Å². The van der Waals surface area contributed by atoms with Crippen molar-refractivity contribution < 1.29 is 46.5 Å². The second-order valence-electron chi connectivity index (χ2n) is 3.12. The van der Waals surface area contributed by atoms with Crippen molar-refractivity contribution in [1.29, 1.82) is 0 Å². The summed E-state index contributed by atoms with van der Waals surface area (Å²) in [7, 11) is 0. The van der Waals surface area contributed by atoms with Gasteiger partial charge in [0.1, 0.15) is 0 Å². The molecule has 0 unspecified atom stereocenters. The Kier molecular flexibility index (Phi) is 42.7. The summed E-state index contributed by atoms with van der Waals surface area (Å²) in [5, 5.41) is 0. The van der Waals surface area contributed by atoms with E-state index in [0.717, 1.165) is 0 Å². The minimum absolute atomic E-state index is 0. The van der Waals surface area contributed by atoms with Crippen LogP contribution >= 0.6 is 0 Å². The maximum Gasteiger partial charge on any atom is 2.00 e. The van der Waals surface area contributed by atoms with Gasteiger partial charge in [-0.1, -0.05) is 65.2 Å². The predicted molar refractivity (Wildman–Crippen MR) is 48.3 cm³/mol. The Morgan fingerprint density at radius 3 is 1.00 bits per heavy atom. The van der Waals surface area contributed by atoms with Crippen LogP contribution in [0.5, 0.6) is 0 Å². The molecule has 0 aliphatic rings. The van der Waals surface area contributed by atoms with Gasteiger partial charge in [-0.3, -0.25) is 0 Å². The van der Waals surface area contributed by atoms with Crippen molar-refractivity contribution in [1.82, 2.24) is 0 Å². The van der Waals surface area contributed by atoms with Gasteiger partial charge < -0.3 is 24.8 Å². The normalized spacial score (nSPS) is 7.85. The Bertz CT molecular complexity index is 52.9. The van der Waals surface area contributed by atoms with Crippen LogP contribution in [0, 0.1) is 0 Å². The van der Waals surface area contributed by atoms with Gasteiger partial charge in [-0.05, 0) is 0 Å². The molecular weight excluding hydrogens is 239 g/mol. The molecular formula is C10H22Cl2Ti. The van der Waals surface area contributed by atoms with E-state index in [0.29, 0.717) is 0 Å². The van der Waals surface area contributed by atoms with E-state index in [2.05, 4.69) is 13.8 Å². The van der Waals surface area contributed by atoms with Crippen molar-refractivity contribution in [3.8, 4) is 0 Å². The minimum Gasteiger partial charge on any atom is -1.00 e. The molecule has 0 rings (SSSR count). The van der Waals surface area contributed by atoms with Crippen LogP contribution in [0.1, 0.15) is 65.2 Å². The fourth-order valence-electron chi connectivity index (χ4n) is 1.21. The van der Waals surface area contributed by atoms with Crippen LogP contribution in [-0.2, 0) is 21.7 Å². The van der Waals surface area contributed by atoms with E-state index in [-0.39, 0.29) is 46.5 Å². The molecule has 0 saturated carbocycles. The number of rotatable bonds is 7. The standard InChI is InChI=1S/C10H22.2ClH.Ti/c1-3-5-7-9-10-8-6-4-2;;;/h3-10H2,1-2H3;2*1H;/q;;;+2/p-2. The average molecular weight is 261 g/mol. The van der Waals surface area contributed by atoms with E-state index < -0.39 is 0 Å². The Labute approximate surface area is 111 Å². The molecule has 0 fully saturated rings. The average Bonchev–Trinajstić information content (AvgIpc) is 1.97. The summed E-state index contributed by atoms with van der Waals surface area (Å²) in [4.78, 5) is 0. The molecule has 0 heterocycles. The number of hydrogen-bond donors (Lipinski definition) is 0. The van der Waals surface area contributed by atoms with Gasteiger partial charge in [0, 0.05) is 0 Å². The molecule has 0 aliphatic heterocycles. The molecule has 0 aliphatic carbocycles. The van der Waals surface area contributed by atoms with Crippen molar-refractivity contribution in [2.24, 2.45) is 0 Å². The van der Waals surface area contributed by atoms with Crippen LogP contribution in [0.3, 0.4) is 0 Å². The first kappa shape index (κ1) is 23.8. The quantitative estimate of drug-likeness (QED) is 0.373. The van der Waals surface area contributed by atoms with E-state index >= 15 is 0 Å². The van der Waals surface area contributed by atoms with Crippen molar-refractivity contribution in [2.45, 2.75) is 65.2 Å². The van der Waals surface area contributed by atoms with E-state index in [1.54, 1.807) is 0 Å². The number of halogens is 2. The zero-order valence-corrected chi connectivity index (χ0v) is 12.0. The van der Waals surface area contributed by atoms with Crippen molar-refractivity contribution >= 4 is 0 Å². The summed E-state index contributed by atoms with van der Waals surface area (Å²) in [5.41, 5.74) is 0. The van der Waals surface area contributed by atoms with Gasteiger partial charge in [0.2, 0.25) is 0 Å². The monoisotopic (exact) mass is 260 g/mol. The van der Waals surface area contributed by atoms with Crippen LogP contribution in [0.25, 0.3) is 0 Å². The van der Waals surface area contributed by atoms with Crippen LogP contribution in [0.2, 0.25) is 0 Å². The van der Waals surface area contributed by atoms with Gasteiger partial charge in [-0.25, -0.2) is 0 Å². The molecule has 80 valence electrons. The van der Waals surface area contributed by atoms with Gasteiger partial charge in [0.25, 0.3) is 0 Å². The fourth-order valence-corrected chi connectivity index (χ4v) is 1.21. The molecule has 0 atom stereocenters. The molecule has 0 radical (unpaired) electrons. The SMILES string of the molecule is CCCCCCCCCC.[Cl-].[Cl-].[Ti+2]. The Morgan fingerprint density at radius 2 is 0.769 bits per heavy atom. The van der Waals surface area contributed by atoms with E-state index in [9.17, 15) is 0 Å². The zero-order chi connectivity index (χ0) is 7.66. The first-order valence-corrected chi connectivity index (χ1v) is 4.91. The smallest absolute Gasteiger partial charge is 1.00 e. The molecule has 0 nitrogen and oxygen atoms in total. The van der Waals surface area contributed by atoms with Crippen molar-refractivity contribution in [3.63, 3.8) is 0 Å². The Morgan fingerprint density at radius 1 is 0.538 bits per heavy atom. The van der Waals surface area contributed by atoms with Crippen molar-refractivity contribution in [2.75, 3.05) is 0 Å². The van der Waals surface area contributed by atoms with Gasteiger partial charge in [-0.15, -0.1) is 0 Å². The van der Waals surface area contributed by atoms with E-state index in [1.165, 1.54) is 51.4 Å². The molecule has 0 spiro atoms. The fraction of sp³-hybridized carbons (Fsp3) is 1.00. The first-order valence-electron chi connectivity index (χ1n) is 4.91. The number of hydrogen-bond acceptors (Lipinski definition) is 0. The number of unbranched alkanes of at least 4 members (excludes halogenated alkanes) is 7. The predicted octanol–water partition coefficient (Wildman–Crippen LogP) is -1.85. The Balaban J connectivity index is -0.000000135. The summed E-state index contributed by atoms with van der Waals surface area (Å²) < 4.78 is 0. The molecule has 0 saturated heterocycles. The zero-order valence-electron chi connectivity index (χ0n) is 8.91. The van der Waals surface area contributed by atoms with Crippen LogP contribution < -0.4 is 24.8 Å². The molecule has 0 N–H and O–H groups in total. The molecule has 0 amide bonds. The van der Waals surface area contributed by atoms with E-state index in [4.69, 9.17) is 0 Å². The molecule has 0 aromatic rings. The van der Waals surface area contributed by atoms with Gasteiger partial charge in [-0.2, -0.15) is 0 Å². The molecule has 0 aromatic carbocycles. The topological polar surface area (TPSA) is 0 Å². The molecule has 0 aromatic heterocycles. The minimum atomic E-state index is 0. The largest absolute Gasteiger partial charge is 2.00 e. The second-order valence-corrected chi connectivity index (χ2v) is 3.12. The summed E-state index contributed by atoms with van der Waals surface area (Å²) in [6, 6.07) is 0. The molecule has 3 heteroatoms. The summed E-state index contributed by atoms with van der Waals surface area (Å²) >= 11 is 0. The third kappa shape index (κ3) is 24.7. The van der Waals surface area contributed by atoms with Crippen LogP contribution in [0.4, 0.5) is 0 Å². The molecule has 13 heavy (non-hydrogen) atoms. The van der Waals surface area contributed by atoms with E-state index in [1.807, 2.05) is 0 Å². The summed E-state index contributed by atoms with van der Waals surface area (Å²) in [6.45, 7) is 4.54. The maximum absolute atomic E-state index is 2.27. The van der Waals surface area contributed by atoms with Crippen LogP contribution in [0.15, 0.2) is 0 Å². The Hall–Kier alpha value is 1.29.